The topological polar surface area (TPSA) is 21.3 Å². The molecule has 0 heterocycles. The van der Waals surface area contributed by atoms with Crippen LogP contribution in [0.1, 0.15) is 44.6 Å². The van der Waals surface area contributed by atoms with Crippen molar-refractivity contribution < 1.29 is 4.84 Å². The Morgan fingerprint density at radius 2 is 1.94 bits per heavy atom. The van der Waals surface area contributed by atoms with Crippen LogP contribution in [0.5, 0.6) is 0 Å². The molecule has 0 spiro atoms. The normalized spacial score (nSPS) is 18.4. The third-order valence-corrected chi connectivity index (χ3v) is 3.45. The first-order valence-corrected chi connectivity index (χ1v) is 6.79. The largest absolute Gasteiger partial charge is 0.298 e. The first-order chi connectivity index (χ1) is 8.34. The maximum Gasteiger partial charge on any atom is 0.0790 e. The number of benzene rings is 1. The molecule has 1 N–H and O–H groups in total. The molecule has 0 radical (unpaired) electrons. The number of aryl methyl sites for hydroxylation is 1. The van der Waals surface area contributed by atoms with E-state index in [1.54, 1.807) is 0 Å². The zero-order valence-corrected chi connectivity index (χ0v) is 10.7. The third-order valence-electron chi connectivity index (χ3n) is 3.45. The highest BCUT2D eigenvalue weighted by Gasteiger charge is 2.16. The molecule has 0 amide bonds. The quantitative estimate of drug-likeness (QED) is 0.760. The number of hydrogen-bond acceptors (Lipinski definition) is 2. The zero-order chi connectivity index (χ0) is 11.9. The summed E-state index contributed by atoms with van der Waals surface area (Å²) >= 11 is 0. The highest BCUT2D eigenvalue weighted by molar-refractivity contribution is 5.14. The van der Waals surface area contributed by atoms with Crippen LogP contribution in [0.15, 0.2) is 30.3 Å². The zero-order valence-electron chi connectivity index (χ0n) is 10.7. The lowest BCUT2D eigenvalue weighted by molar-refractivity contribution is -0.0382. The Labute approximate surface area is 104 Å². The Kier molecular flexibility index (Phi) is 5.02. The van der Waals surface area contributed by atoms with Crippen molar-refractivity contribution in [1.82, 2.24) is 5.48 Å². The van der Waals surface area contributed by atoms with Gasteiger partial charge in [-0.2, -0.15) is 5.48 Å². The van der Waals surface area contributed by atoms with E-state index in [2.05, 4.69) is 42.7 Å². The summed E-state index contributed by atoms with van der Waals surface area (Å²) in [5.74, 6) is 0. The van der Waals surface area contributed by atoms with Crippen LogP contribution in [0.2, 0.25) is 0 Å². The van der Waals surface area contributed by atoms with Crippen LogP contribution in [0, 0.1) is 0 Å². The van der Waals surface area contributed by atoms with Crippen LogP contribution in [-0.2, 0) is 11.3 Å². The van der Waals surface area contributed by atoms with Crippen molar-refractivity contribution in [2.45, 2.75) is 57.6 Å². The molecule has 1 aromatic carbocycles. The van der Waals surface area contributed by atoms with E-state index in [0.717, 1.165) is 12.8 Å². The van der Waals surface area contributed by atoms with Crippen LogP contribution >= 0.6 is 0 Å². The molecule has 2 heteroatoms. The van der Waals surface area contributed by atoms with Gasteiger partial charge >= 0.3 is 0 Å². The number of hydroxylamine groups is 1. The maximum absolute atomic E-state index is 5.70. The van der Waals surface area contributed by atoms with Crippen LogP contribution < -0.4 is 5.48 Å². The van der Waals surface area contributed by atoms with Gasteiger partial charge in [-0.05, 0) is 38.2 Å². The lowest BCUT2D eigenvalue weighted by Gasteiger charge is -2.17. The SMILES string of the molecule is CC(CCc1ccccc1)NOC1CCCC1. The summed E-state index contributed by atoms with van der Waals surface area (Å²) in [6.07, 6.45) is 7.78. The van der Waals surface area contributed by atoms with Gasteiger partial charge in [0, 0.05) is 6.04 Å². The van der Waals surface area contributed by atoms with E-state index in [0.29, 0.717) is 12.1 Å². The number of rotatable bonds is 6. The Morgan fingerprint density at radius 3 is 2.65 bits per heavy atom. The molecule has 17 heavy (non-hydrogen) atoms. The van der Waals surface area contributed by atoms with Crippen molar-refractivity contribution in [1.29, 1.82) is 0 Å². The molecular weight excluding hydrogens is 210 g/mol. The van der Waals surface area contributed by atoms with Crippen molar-refractivity contribution in [3.63, 3.8) is 0 Å². The summed E-state index contributed by atoms with van der Waals surface area (Å²) in [5, 5.41) is 0. The molecule has 2 rings (SSSR count). The molecule has 1 aliphatic rings. The standard InChI is InChI=1S/C15H23NO/c1-13(16-17-15-9-5-6-10-15)11-12-14-7-3-2-4-8-14/h2-4,7-8,13,15-16H,5-6,9-12H2,1H3. The van der Waals surface area contributed by atoms with Crippen LogP contribution in [0.25, 0.3) is 0 Å². The molecule has 1 aromatic rings. The number of nitrogens with one attached hydrogen (secondary N) is 1. The summed E-state index contributed by atoms with van der Waals surface area (Å²) in [5.41, 5.74) is 4.60. The van der Waals surface area contributed by atoms with Crippen molar-refractivity contribution in [2.24, 2.45) is 0 Å². The molecule has 1 fully saturated rings. The van der Waals surface area contributed by atoms with Gasteiger partial charge in [0.25, 0.3) is 0 Å². The predicted molar refractivity (Wildman–Crippen MR) is 70.7 cm³/mol. The van der Waals surface area contributed by atoms with E-state index in [1.807, 2.05) is 0 Å². The van der Waals surface area contributed by atoms with E-state index in [1.165, 1.54) is 31.2 Å². The lowest BCUT2D eigenvalue weighted by atomic mass is 10.1. The Hall–Kier alpha value is -0.860. The molecule has 0 aromatic heterocycles. The van der Waals surface area contributed by atoms with Crippen LogP contribution in [0.3, 0.4) is 0 Å². The minimum absolute atomic E-state index is 0.427. The average Bonchev–Trinajstić information content (AvgIpc) is 2.88. The molecule has 0 aliphatic heterocycles. The molecule has 0 bridgehead atoms. The fraction of sp³-hybridized carbons (Fsp3) is 0.600. The van der Waals surface area contributed by atoms with E-state index >= 15 is 0 Å². The minimum Gasteiger partial charge on any atom is -0.298 e. The van der Waals surface area contributed by atoms with E-state index in [4.69, 9.17) is 4.84 Å². The molecule has 1 unspecified atom stereocenters. The van der Waals surface area contributed by atoms with Gasteiger partial charge in [0.1, 0.15) is 0 Å². The second-order valence-electron chi connectivity index (χ2n) is 5.07. The van der Waals surface area contributed by atoms with Gasteiger partial charge in [-0.15, -0.1) is 0 Å². The third kappa shape index (κ3) is 4.49. The van der Waals surface area contributed by atoms with Gasteiger partial charge in [-0.25, -0.2) is 0 Å². The smallest absolute Gasteiger partial charge is 0.0790 e. The summed E-state index contributed by atoms with van der Waals surface area (Å²) in [6, 6.07) is 11.1. The molecule has 1 saturated carbocycles. The second kappa shape index (κ2) is 6.77. The van der Waals surface area contributed by atoms with Crippen molar-refractivity contribution >= 4 is 0 Å². The predicted octanol–water partition coefficient (Wildman–Crippen LogP) is 3.47. The minimum atomic E-state index is 0.427. The van der Waals surface area contributed by atoms with Crippen molar-refractivity contribution in [3.8, 4) is 0 Å². The fourth-order valence-corrected chi connectivity index (χ4v) is 2.31. The first-order valence-electron chi connectivity index (χ1n) is 6.79. The second-order valence-corrected chi connectivity index (χ2v) is 5.07. The van der Waals surface area contributed by atoms with Crippen molar-refractivity contribution in [2.75, 3.05) is 0 Å². The summed E-state index contributed by atoms with van der Waals surface area (Å²) in [6.45, 7) is 2.19. The maximum atomic E-state index is 5.70. The summed E-state index contributed by atoms with van der Waals surface area (Å²) in [4.78, 5) is 5.70. The van der Waals surface area contributed by atoms with Crippen LogP contribution in [-0.4, -0.2) is 12.1 Å². The highest BCUT2D eigenvalue weighted by Crippen LogP contribution is 2.20. The summed E-state index contributed by atoms with van der Waals surface area (Å²) in [7, 11) is 0. The Balaban J connectivity index is 1.62. The van der Waals surface area contributed by atoms with E-state index in [-0.39, 0.29) is 0 Å². The molecule has 1 aliphatic carbocycles. The van der Waals surface area contributed by atoms with Gasteiger partial charge in [0.2, 0.25) is 0 Å². The van der Waals surface area contributed by atoms with Gasteiger partial charge in [-0.1, -0.05) is 43.2 Å². The van der Waals surface area contributed by atoms with Crippen molar-refractivity contribution in [3.05, 3.63) is 35.9 Å². The molecule has 1 atom stereocenters. The first kappa shape index (κ1) is 12.6. The van der Waals surface area contributed by atoms with Gasteiger partial charge in [0.15, 0.2) is 0 Å². The molecule has 94 valence electrons. The Morgan fingerprint density at radius 1 is 1.24 bits per heavy atom. The molecular formula is C15H23NO. The van der Waals surface area contributed by atoms with E-state index < -0.39 is 0 Å². The highest BCUT2D eigenvalue weighted by atomic mass is 16.7. The van der Waals surface area contributed by atoms with E-state index in [9.17, 15) is 0 Å². The average molecular weight is 233 g/mol. The van der Waals surface area contributed by atoms with Crippen LogP contribution in [0.4, 0.5) is 0 Å². The Bertz CT molecular complexity index is 306. The monoisotopic (exact) mass is 233 g/mol. The fourth-order valence-electron chi connectivity index (χ4n) is 2.31. The molecule has 2 nitrogen and oxygen atoms in total. The lowest BCUT2D eigenvalue weighted by Crippen LogP contribution is -2.30. The van der Waals surface area contributed by atoms with Gasteiger partial charge < -0.3 is 0 Å². The summed E-state index contributed by atoms with van der Waals surface area (Å²) < 4.78 is 0. The van der Waals surface area contributed by atoms with Gasteiger partial charge in [-0.3, -0.25) is 4.84 Å². The molecule has 0 saturated heterocycles. The van der Waals surface area contributed by atoms with Gasteiger partial charge in [0.05, 0.1) is 6.10 Å². The number of hydrogen-bond donors (Lipinski definition) is 1.